The minimum atomic E-state index is 0.213. The van der Waals surface area contributed by atoms with Crippen LogP contribution in [0.3, 0.4) is 0 Å². The fourth-order valence-electron chi connectivity index (χ4n) is 2.13. The van der Waals surface area contributed by atoms with Crippen LogP contribution in [0.25, 0.3) is 0 Å². The first-order valence-electron chi connectivity index (χ1n) is 6.35. The third kappa shape index (κ3) is 3.46. The van der Waals surface area contributed by atoms with E-state index in [4.69, 9.17) is 4.74 Å². The van der Waals surface area contributed by atoms with Crippen LogP contribution >= 0.6 is 0 Å². The molecule has 1 aliphatic heterocycles. The van der Waals surface area contributed by atoms with Crippen LogP contribution < -0.4 is 5.32 Å². The van der Waals surface area contributed by atoms with Gasteiger partial charge in [-0.25, -0.2) is 0 Å². The van der Waals surface area contributed by atoms with Crippen molar-refractivity contribution >= 4 is 5.91 Å². The highest BCUT2D eigenvalue weighted by molar-refractivity contribution is 5.78. The van der Waals surface area contributed by atoms with E-state index in [0.717, 1.165) is 39.4 Å². The molecular formula is C12H22N2O2. The Morgan fingerprint density at radius 2 is 2.12 bits per heavy atom. The maximum atomic E-state index is 11.7. The lowest BCUT2D eigenvalue weighted by molar-refractivity contribution is -0.125. The Hall–Kier alpha value is -0.610. The van der Waals surface area contributed by atoms with Crippen molar-refractivity contribution in [3.8, 4) is 0 Å². The van der Waals surface area contributed by atoms with E-state index in [1.165, 1.54) is 12.8 Å². The molecule has 0 radical (unpaired) electrons. The highest BCUT2D eigenvalue weighted by Crippen LogP contribution is 2.36. The Morgan fingerprint density at radius 3 is 2.75 bits per heavy atom. The summed E-state index contributed by atoms with van der Waals surface area (Å²) in [5.74, 6) is 1.10. The third-order valence-electron chi connectivity index (χ3n) is 3.57. The molecule has 0 bridgehead atoms. The third-order valence-corrected chi connectivity index (χ3v) is 3.57. The predicted molar refractivity (Wildman–Crippen MR) is 62.2 cm³/mol. The lowest BCUT2D eigenvalue weighted by Gasteiger charge is -2.26. The number of hydrogen-bond acceptors (Lipinski definition) is 3. The van der Waals surface area contributed by atoms with Gasteiger partial charge in [0.25, 0.3) is 0 Å². The number of hydrogen-bond donors (Lipinski definition) is 1. The second-order valence-electron chi connectivity index (χ2n) is 4.87. The van der Waals surface area contributed by atoms with Crippen molar-refractivity contribution in [2.75, 3.05) is 39.4 Å². The molecule has 1 saturated carbocycles. The monoisotopic (exact) mass is 226 g/mol. The van der Waals surface area contributed by atoms with Crippen LogP contribution in [0, 0.1) is 11.8 Å². The van der Waals surface area contributed by atoms with Gasteiger partial charge in [-0.3, -0.25) is 9.69 Å². The largest absolute Gasteiger partial charge is 0.379 e. The maximum Gasteiger partial charge on any atom is 0.223 e. The Balaban J connectivity index is 1.57. The second-order valence-corrected chi connectivity index (χ2v) is 4.87. The first kappa shape index (κ1) is 11.9. The minimum absolute atomic E-state index is 0.213. The summed E-state index contributed by atoms with van der Waals surface area (Å²) >= 11 is 0. The van der Waals surface area contributed by atoms with Crippen molar-refractivity contribution in [1.82, 2.24) is 10.2 Å². The normalized spacial score (nSPS) is 24.1. The van der Waals surface area contributed by atoms with Crippen LogP contribution in [0.4, 0.5) is 0 Å². The van der Waals surface area contributed by atoms with Crippen molar-refractivity contribution < 1.29 is 9.53 Å². The number of morpholine rings is 1. The van der Waals surface area contributed by atoms with Gasteiger partial charge >= 0.3 is 0 Å². The Labute approximate surface area is 97.3 Å². The summed E-state index contributed by atoms with van der Waals surface area (Å²) in [6.45, 7) is 7.41. The Kier molecular flexibility index (Phi) is 4.18. The molecule has 2 aliphatic rings. The van der Waals surface area contributed by atoms with E-state index in [9.17, 15) is 4.79 Å². The molecule has 0 aromatic carbocycles. The van der Waals surface area contributed by atoms with Crippen molar-refractivity contribution in [1.29, 1.82) is 0 Å². The minimum Gasteiger partial charge on any atom is -0.379 e. The maximum absolute atomic E-state index is 11.7. The SMILES string of the molecule is CC(C(=O)NCCN1CCOCC1)C1CC1. The van der Waals surface area contributed by atoms with Gasteiger partial charge < -0.3 is 10.1 Å². The summed E-state index contributed by atoms with van der Waals surface area (Å²) in [6.07, 6.45) is 2.47. The zero-order valence-electron chi connectivity index (χ0n) is 10.1. The molecule has 1 heterocycles. The molecule has 92 valence electrons. The Morgan fingerprint density at radius 1 is 1.44 bits per heavy atom. The molecule has 1 saturated heterocycles. The van der Waals surface area contributed by atoms with E-state index in [1.807, 2.05) is 6.92 Å². The van der Waals surface area contributed by atoms with Crippen LogP contribution in [-0.2, 0) is 9.53 Å². The van der Waals surface area contributed by atoms with Gasteiger partial charge in [-0.2, -0.15) is 0 Å². The average molecular weight is 226 g/mol. The van der Waals surface area contributed by atoms with E-state index in [1.54, 1.807) is 0 Å². The molecule has 1 aliphatic carbocycles. The summed E-state index contributed by atoms with van der Waals surface area (Å²) in [4.78, 5) is 14.1. The van der Waals surface area contributed by atoms with E-state index in [0.29, 0.717) is 5.92 Å². The molecule has 2 fully saturated rings. The van der Waals surface area contributed by atoms with Gasteiger partial charge in [0.05, 0.1) is 13.2 Å². The summed E-state index contributed by atoms with van der Waals surface area (Å²) in [7, 11) is 0. The van der Waals surface area contributed by atoms with Crippen molar-refractivity contribution in [2.24, 2.45) is 11.8 Å². The summed E-state index contributed by atoms with van der Waals surface area (Å²) in [6, 6.07) is 0. The zero-order chi connectivity index (χ0) is 11.4. The first-order valence-corrected chi connectivity index (χ1v) is 6.35. The lowest BCUT2D eigenvalue weighted by Crippen LogP contribution is -2.42. The molecule has 16 heavy (non-hydrogen) atoms. The van der Waals surface area contributed by atoms with Crippen molar-refractivity contribution in [2.45, 2.75) is 19.8 Å². The second kappa shape index (κ2) is 5.64. The van der Waals surface area contributed by atoms with Crippen molar-refractivity contribution in [3.05, 3.63) is 0 Å². The average Bonchev–Trinajstić information content (AvgIpc) is 3.13. The van der Waals surface area contributed by atoms with Gasteiger partial charge in [0.2, 0.25) is 5.91 Å². The number of carbonyl (C=O) groups excluding carboxylic acids is 1. The number of rotatable bonds is 5. The van der Waals surface area contributed by atoms with Gasteiger partial charge in [0.15, 0.2) is 0 Å². The number of carbonyl (C=O) groups is 1. The number of amides is 1. The summed E-state index contributed by atoms with van der Waals surface area (Å²) < 4.78 is 5.28. The van der Waals surface area contributed by atoms with Crippen LogP contribution in [0.1, 0.15) is 19.8 Å². The Bertz CT molecular complexity index is 235. The fraction of sp³-hybridized carbons (Fsp3) is 0.917. The highest BCUT2D eigenvalue weighted by atomic mass is 16.5. The van der Waals surface area contributed by atoms with Crippen LogP contribution in [0.2, 0.25) is 0 Å². The lowest BCUT2D eigenvalue weighted by atomic mass is 10.1. The van der Waals surface area contributed by atoms with Crippen LogP contribution in [-0.4, -0.2) is 50.2 Å². The van der Waals surface area contributed by atoms with Gasteiger partial charge in [0, 0.05) is 32.1 Å². The quantitative estimate of drug-likeness (QED) is 0.741. The summed E-state index contributed by atoms with van der Waals surface area (Å²) in [5, 5.41) is 3.03. The number of nitrogens with one attached hydrogen (secondary N) is 1. The molecule has 1 N–H and O–H groups in total. The predicted octanol–water partition coefficient (Wildman–Crippen LogP) is 0.481. The smallest absolute Gasteiger partial charge is 0.223 e. The van der Waals surface area contributed by atoms with E-state index >= 15 is 0 Å². The molecular weight excluding hydrogens is 204 g/mol. The number of ether oxygens (including phenoxy) is 1. The van der Waals surface area contributed by atoms with Crippen LogP contribution in [0.5, 0.6) is 0 Å². The molecule has 4 nitrogen and oxygen atoms in total. The molecule has 0 spiro atoms. The fourth-order valence-corrected chi connectivity index (χ4v) is 2.13. The molecule has 2 rings (SSSR count). The molecule has 1 atom stereocenters. The standard InChI is InChI=1S/C12H22N2O2/c1-10(11-2-3-11)12(15)13-4-5-14-6-8-16-9-7-14/h10-11H,2-9H2,1H3,(H,13,15). The van der Waals surface area contributed by atoms with Gasteiger partial charge in [-0.1, -0.05) is 6.92 Å². The highest BCUT2D eigenvalue weighted by Gasteiger charge is 2.32. The first-order chi connectivity index (χ1) is 7.77. The van der Waals surface area contributed by atoms with Crippen LogP contribution in [0.15, 0.2) is 0 Å². The van der Waals surface area contributed by atoms with E-state index in [-0.39, 0.29) is 11.8 Å². The molecule has 0 aromatic rings. The summed E-state index contributed by atoms with van der Waals surface area (Å²) in [5.41, 5.74) is 0. The molecule has 1 unspecified atom stereocenters. The topological polar surface area (TPSA) is 41.6 Å². The molecule has 0 aromatic heterocycles. The number of nitrogens with zero attached hydrogens (tertiary/aromatic N) is 1. The zero-order valence-corrected chi connectivity index (χ0v) is 10.1. The van der Waals surface area contributed by atoms with Gasteiger partial charge in [0.1, 0.15) is 0 Å². The molecule has 4 heteroatoms. The molecule has 1 amide bonds. The van der Waals surface area contributed by atoms with Crippen molar-refractivity contribution in [3.63, 3.8) is 0 Å². The van der Waals surface area contributed by atoms with E-state index < -0.39 is 0 Å². The van der Waals surface area contributed by atoms with Gasteiger partial charge in [-0.15, -0.1) is 0 Å². The van der Waals surface area contributed by atoms with Gasteiger partial charge in [-0.05, 0) is 18.8 Å². The van der Waals surface area contributed by atoms with E-state index in [2.05, 4.69) is 10.2 Å².